The number of amides is 1. The Bertz CT molecular complexity index is 348. The molecule has 1 aliphatic heterocycles. The van der Waals surface area contributed by atoms with E-state index in [2.05, 4.69) is 20.5 Å². The highest BCUT2D eigenvalue weighted by Crippen LogP contribution is 2.05. The van der Waals surface area contributed by atoms with E-state index >= 15 is 0 Å². The molecule has 0 saturated carbocycles. The van der Waals surface area contributed by atoms with Gasteiger partial charge >= 0.3 is 0 Å². The summed E-state index contributed by atoms with van der Waals surface area (Å²) in [7, 11) is 0. The van der Waals surface area contributed by atoms with Gasteiger partial charge < -0.3 is 10.6 Å². The van der Waals surface area contributed by atoms with Crippen LogP contribution in [-0.2, 0) is 11.3 Å². The largest absolute Gasteiger partial charge is 0.350 e. The van der Waals surface area contributed by atoms with Gasteiger partial charge in [-0.25, -0.2) is 0 Å². The van der Waals surface area contributed by atoms with Crippen LogP contribution in [0.2, 0.25) is 0 Å². The van der Waals surface area contributed by atoms with E-state index in [0.717, 1.165) is 31.1 Å². The van der Waals surface area contributed by atoms with Crippen LogP contribution in [-0.4, -0.2) is 48.0 Å². The fraction of sp³-hybridized carbons (Fsp3) is 0.636. The second-order valence-corrected chi connectivity index (χ2v) is 5.12. The van der Waals surface area contributed by atoms with Crippen molar-refractivity contribution in [3.8, 4) is 0 Å². The van der Waals surface area contributed by atoms with Gasteiger partial charge in [0.15, 0.2) is 0 Å². The Morgan fingerprint density at radius 3 is 3.06 bits per heavy atom. The number of hydrogen-bond acceptors (Lipinski definition) is 5. The van der Waals surface area contributed by atoms with Crippen LogP contribution in [0.1, 0.15) is 11.8 Å². The molecule has 1 saturated heterocycles. The molecule has 0 bridgehead atoms. The summed E-state index contributed by atoms with van der Waals surface area (Å²) < 4.78 is 0. The van der Waals surface area contributed by atoms with Crippen molar-refractivity contribution in [3.05, 3.63) is 16.6 Å². The molecule has 1 unspecified atom stereocenters. The minimum Gasteiger partial charge on any atom is -0.350 e. The van der Waals surface area contributed by atoms with Gasteiger partial charge in [0.2, 0.25) is 5.91 Å². The molecule has 94 valence electrons. The zero-order valence-corrected chi connectivity index (χ0v) is 10.8. The summed E-state index contributed by atoms with van der Waals surface area (Å²) in [6.45, 7) is 6.36. The molecule has 0 spiro atoms. The number of rotatable bonds is 4. The maximum Gasteiger partial charge on any atom is 0.237 e. The van der Waals surface area contributed by atoms with Crippen molar-refractivity contribution in [2.45, 2.75) is 19.5 Å². The standard InChI is InChI=1S/C11H18N4OS/c1-9(15-4-2-12-3-5-15)11(16)14-7-10-6-13-8-17-10/h6,8-9,12H,2-5,7H2,1H3,(H,14,16). The first-order chi connectivity index (χ1) is 8.27. The molecule has 1 fully saturated rings. The number of nitrogens with one attached hydrogen (secondary N) is 2. The van der Waals surface area contributed by atoms with Gasteiger partial charge in [0.1, 0.15) is 0 Å². The Kier molecular flexibility index (Phi) is 4.47. The lowest BCUT2D eigenvalue weighted by Crippen LogP contribution is -2.52. The van der Waals surface area contributed by atoms with Crippen LogP contribution in [0.15, 0.2) is 11.7 Å². The molecule has 1 amide bonds. The molecule has 2 N–H and O–H groups in total. The average Bonchev–Trinajstić information content (AvgIpc) is 2.89. The Morgan fingerprint density at radius 1 is 1.65 bits per heavy atom. The van der Waals surface area contributed by atoms with Crippen LogP contribution in [0.4, 0.5) is 0 Å². The molecule has 0 aromatic carbocycles. The monoisotopic (exact) mass is 254 g/mol. The van der Waals surface area contributed by atoms with Crippen molar-refractivity contribution in [1.29, 1.82) is 0 Å². The van der Waals surface area contributed by atoms with Crippen LogP contribution >= 0.6 is 11.3 Å². The summed E-state index contributed by atoms with van der Waals surface area (Å²) in [4.78, 5) is 19.2. The molecule has 1 aliphatic rings. The summed E-state index contributed by atoms with van der Waals surface area (Å²) in [6, 6.07) is -0.0509. The number of hydrogen-bond donors (Lipinski definition) is 2. The fourth-order valence-corrected chi connectivity index (χ4v) is 2.42. The summed E-state index contributed by atoms with van der Waals surface area (Å²) in [5.74, 6) is 0.0975. The minimum absolute atomic E-state index is 0.0509. The predicted molar refractivity (Wildman–Crippen MR) is 67.9 cm³/mol. The van der Waals surface area contributed by atoms with Gasteiger partial charge in [0.05, 0.1) is 18.1 Å². The molecule has 2 heterocycles. The summed E-state index contributed by atoms with van der Waals surface area (Å²) in [5.41, 5.74) is 1.78. The Morgan fingerprint density at radius 2 is 2.41 bits per heavy atom. The molecule has 17 heavy (non-hydrogen) atoms. The number of aromatic nitrogens is 1. The van der Waals surface area contributed by atoms with E-state index < -0.39 is 0 Å². The lowest BCUT2D eigenvalue weighted by atomic mass is 10.2. The quantitative estimate of drug-likeness (QED) is 0.797. The van der Waals surface area contributed by atoms with E-state index in [-0.39, 0.29) is 11.9 Å². The number of carbonyl (C=O) groups is 1. The summed E-state index contributed by atoms with van der Waals surface area (Å²) in [6.07, 6.45) is 1.79. The minimum atomic E-state index is -0.0509. The van der Waals surface area contributed by atoms with Crippen molar-refractivity contribution in [2.24, 2.45) is 0 Å². The van der Waals surface area contributed by atoms with Gasteiger partial charge in [-0.15, -0.1) is 11.3 Å². The highest BCUT2D eigenvalue weighted by Gasteiger charge is 2.22. The van der Waals surface area contributed by atoms with E-state index in [0.29, 0.717) is 6.54 Å². The molecule has 1 aromatic heterocycles. The van der Waals surface area contributed by atoms with Crippen LogP contribution in [0.25, 0.3) is 0 Å². The molecule has 1 aromatic rings. The van der Waals surface area contributed by atoms with E-state index in [1.807, 2.05) is 6.92 Å². The SMILES string of the molecule is CC(C(=O)NCc1cncs1)N1CCNCC1. The zero-order chi connectivity index (χ0) is 12.1. The van der Waals surface area contributed by atoms with Crippen molar-refractivity contribution in [1.82, 2.24) is 20.5 Å². The van der Waals surface area contributed by atoms with Crippen LogP contribution in [0.5, 0.6) is 0 Å². The normalized spacial score (nSPS) is 18.9. The van der Waals surface area contributed by atoms with Crippen molar-refractivity contribution < 1.29 is 4.79 Å². The van der Waals surface area contributed by atoms with Gasteiger partial charge in [-0.05, 0) is 6.92 Å². The third-order valence-electron chi connectivity index (χ3n) is 3.00. The third kappa shape index (κ3) is 3.49. The molecule has 2 rings (SSSR count). The molecule has 0 aliphatic carbocycles. The second kappa shape index (κ2) is 6.09. The van der Waals surface area contributed by atoms with Gasteiger partial charge in [-0.3, -0.25) is 14.7 Å². The highest BCUT2D eigenvalue weighted by molar-refractivity contribution is 7.09. The van der Waals surface area contributed by atoms with Crippen LogP contribution in [0, 0.1) is 0 Å². The number of thiazole rings is 1. The maximum absolute atomic E-state index is 11.9. The lowest BCUT2D eigenvalue weighted by Gasteiger charge is -2.31. The van der Waals surface area contributed by atoms with E-state index in [1.54, 1.807) is 23.0 Å². The number of carbonyl (C=O) groups excluding carboxylic acids is 1. The van der Waals surface area contributed by atoms with E-state index in [4.69, 9.17) is 0 Å². The third-order valence-corrected chi connectivity index (χ3v) is 3.78. The van der Waals surface area contributed by atoms with Gasteiger partial charge in [-0.1, -0.05) is 0 Å². The van der Waals surface area contributed by atoms with Gasteiger partial charge in [-0.2, -0.15) is 0 Å². The first-order valence-corrected chi connectivity index (χ1v) is 6.75. The Hall–Kier alpha value is -0.980. The van der Waals surface area contributed by atoms with E-state index in [9.17, 15) is 4.79 Å². The van der Waals surface area contributed by atoms with Crippen LogP contribution in [0.3, 0.4) is 0 Å². The molecule has 5 nitrogen and oxygen atoms in total. The van der Waals surface area contributed by atoms with Crippen molar-refractivity contribution >= 4 is 17.2 Å². The molecule has 6 heteroatoms. The lowest BCUT2D eigenvalue weighted by molar-refractivity contribution is -0.126. The molecule has 0 radical (unpaired) electrons. The molecular formula is C11H18N4OS. The van der Waals surface area contributed by atoms with Gasteiger partial charge in [0, 0.05) is 37.3 Å². The fourth-order valence-electron chi connectivity index (χ4n) is 1.89. The van der Waals surface area contributed by atoms with Crippen molar-refractivity contribution in [2.75, 3.05) is 26.2 Å². The smallest absolute Gasteiger partial charge is 0.237 e. The zero-order valence-electron chi connectivity index (χ0n) is 9.98. The Labute approximate surface area is 105 Å². The number of nitrogens with zero attached hydrogens (tertiary/aromatic N) is 2. The summed E-state index contributed by atoms with van der Waals surface area (Å²) >= 11 is 1.56. The first kappa shape index (κ1) is 12.5. The second-order valence-electron chi connectivity index (χ2n) is 4.15. The van der Waals surface area contributed by atoms with Crippen LogP contribution < -0.4 is 10.6 Å². The van der Waals surface area contributed by atoms with Gasteiger partial charge in [0.25, 0.3) is 0 Å². The average molecular weight is 254 g/mol. The Balaban J connectivity index is 1.78. The molecule has 1 atom stereocenters. The maximum atomic E-state index is 11.9. The molecular weight excluding hydrogens is 236 g/mol. The highest BCUT2D eigenvalue weighted by atomic mass is 32.1. The first-order valence-electron chi connectivity index (χ1n) is 5.87. The topological polar surface area (TPSA) is 57.3 Å². The van der Waals surface area contributed by atoms with E-state index in [1.165, 1.54) is 0 Å². The summed E-state index contributed by atoms with van der Waals surface area (Å²) in [5, 5.41) is 6.23. The predicted octanol–water partition coefficient (Wildman–Crippen LogP) is 0.0530. The van der Waals surface area contributed by atoms with Crippen molar-refractivity contribution in [3.63, 3.8) is 0 Å². The number of piperazine rings is 1.